The molecule has 0 bridgehead atoms. The molecule has 0 N–H and O–H groups in total. The first kappa shape index (κ1) is 20.6. The molecular weight excluding hydrogens is 400 g/mol. The largest absolute Gasteiger partial charge is 0.489 e. The Labute approximate surface area is 177 Å². The van der Waals surface area contributed by atoms with Gasteiger partial charge in [0, 0.05) is 5.92 Å². The van der Waals surface area contributed by atoms with E-state index in [4.69, 9.17) is 13.1 Å². The first-order valence-electron chi connectivity index (χ1n) is 9.97. The van der Waals surface area contributed by atoms with Crippen molar-refractivity contribution in [2.45, 2.75) is 19.4 Å². The highest BCUT2D eigenvalue weighted by atomic mass is 32.3. The Hall–Kier alpha value is -2.67. The smallest absolute Gasteiger partial charge is 0.399 e. The summed E-state index contributed by atoms with van der Waals surface area (Å²) < 4.78 is 37.5. The topological polar surface area (TPSA) is 61.8 Å². The van der Waals surface area contributed by atoms with E-state index in [1.807, 2.05) is 42.5 Å². The van der Waals surface area contributed by atoms with Gasteiger partial charge in [-0.15, -0.1) is 0 Å². The third-order valence-electron chi connectivity index (χ3n) is 5.13. The molecule has 1 aliphatic rings. The average molecular weight is 425 g/mol. The van der Waals surface area contributed by atoms with Crippen molar-refractivity contribution < 1.29 is 21.5 Å². The lowest BCUT2D eigenvalue weighted by molar-refractivity contribution is 0.0982. The highest BCUT2D eigenvalue weighted by molar-refractivity contribution is 7.81. The predicted octanol–water partition coefficient (Wildman–Crippen LogP) is 4.77. The van der Waals surface area contributed by atoms with Gasteiger partial charge in [-0.2, -0.15) is 8.42 Å². The van der Waals surface area contributed by atoms with Gasteiger partial charge >= 0.3 is 10.4 Å². The Morgan fingerprint density at radius 3 is 2.00 bits per heavy atom. The summed E-state index contributed by atoms with van der Waals surface area (Å²) in [7, 11) is -3.76. The number of hydrogen-bond donors (Lipinski definition) is 0. The van der Waals surface area contributed by atoms with Crippen LogP contribution in [0.5, 0.6) is 5.75 Å². The van der Waals surface area contributed by atoms with Gasteiger partial charge in [-0.3, -0.25) is 0 Å². The number of hydrogen-bond acceptors (Lipinski definition) is 5. The predicted molar refractivity (Wildman–Crippen MR) is 115 cm³/mol. The van der Waals surface area contributed by atoms with Crippen LogP contribution >= 0.6 is 0 Å². The molecule has 0 unspecified atom stereocenters. The van der Waals surface area contributed by atoms with E-state index in [1.54, 1.807) is 0 Å². The summed E-state index contributed by atoms with van der Waals surface area (Å²) in [6.07, 6.45) is 1.67. The molecule has 1 saturated heterocycles. The van der Waals surface area contributed by atoms with Crippen LogP contribution in [0.4, 0.5) is 0 Å². The zero-order valence-electron chi connectivity index (χ0n) is 16.6. The Morgan fingerprint density at radius 1 is 0.767 bits per heavy atom. The zero-order valence-corrected chi connectivity index (χ0v) is 17.4. The van der Waals surface area contributed by atoms with Crippen LogP contribution in [0.25, 0.3) is 11.1 Å². The quantitative estimate of drug-likeness (QED) is 0.547. The summed E-state index contributed by atoms with van der Waals surface area (Å²) >= 11 is 0. The van der Waals surface area contributed by atoms with Gasteiger partial charge in [0.2, 0.25) is 0 Å². The Bertz CT molecular complexity index is 1030. The van der Waals surface area contributed by atoms with Crippen molar-refractivity contribution in [1.82, 2.24) is 0 Å². The summed E-state index contributed by atoms with van der Waals surface area (Å²) in [6.45, 7) is 0.941. The summed E-state index contributed by atoms with van der Waals surface area (Å²) in [5, 5.41) is 0. The molecule has 1 aliphatic heterocycles. The molecule has 0 amide bonds. The normalized spacial score (nSPS) is 16.3. The van der Waals surface area contributed by atoms with Gasteiger partial charge in [-0.1, -0.05) is 66.7 Å². The van der Waals surface area contributed by atoms with Gasteiger partial charge in [-0.25, -0.2) is 8.37 Å². The van der Waals surface area contributed by atoms with Gasteiger partial charge in [0.15, 0.2) is 0 Å². The van der Waals surface area contributed by atoms with E-state index in [0.717, 1.165) is 35.3 Å². The summed E-state index contributed by atoms with van der Waals surface area (Å²) in [5.41, 5.74) is 4.62. The molecule has 0 aliphatic carbocycles. The van der Waals surface area contributed by atoms with Gasteiger partial charge in [0.05, 0.1) is 13.2 Å². The molecular formula is C24H24O5S. The Morgan fingerprint density at radius 2 is 1.37 bits per heavy atom. The molecule has 30 heavy (non-hydrogen) atoms. The van der Waals surface area contributed by atoms with Crippen molar-refractivity contribution in [3.63, 3.8) is 0 Å². The third kappa shape index (κ3) is 5.69. The SMILES string of the molecule is O=S1(=O)OCC(CCc2ccc(-c3ccc(OCc4ccccc4)cc3)cc2)CO1. The summed E-state index contributed by atoms with van der Waals surface area (Å²) in [5.74, 6) is 0.940. The Kier molecular flexibility index (Phi) is 6.47. The van der Waals surface area contributed by atoms with Crippen molar-refractivity contribution >= 4 is 10.4 Å². The van der Waals surface area contributed by atoms with Crippen molar-refractivity contribution in [3.8, 4) is 16.9 Å². The number of rotatable bonds is 7. The van der Waals surface area contributed by atoms with Crippen LogP contribution in [-0.4, -0.2) is 21.6 Å². The second-order valence-electron chi connectivity index (χ2n) is 7.38. The molecule has 5 nitrogen and oxygen atoms in total. The Balaban J connectivity index is 1.29. The maximum absolute atomic E-state index is 11.1. The van der Waals surface area contributed by atoms with E-state index in [2.05, 4.69) is 36.4 Å². The molecule has 4 rings (SSSR count). The van der Waals surface area contributed by atoms with Gasteiger partial charge in [0.1, 0.15) is 12.4 Å². The van der Waals surface area contributed by atoms with Crippen LogP contribution in [0.2, 0.25) is 0 Å². The van der Waals surface area contributed by atoms with Crippen LogP contribution in [0.1, 0.15) is 17.5 Å². The van der Waals surface area contributed by atoms with Crippen LogP contribution in [-0.2, 0) is 31.8 Å². The molecule has 0 saturated carbocycles. The van der Waals surface area contributed by atoms with E-state index in [9.17, 15) is 8.42 Å². The number of benzene rings is 3. The molecule has 0 aromatic heterocycles. The van der Waals surface area contributed by atoms with Crippen molar-refractivity contribution in [3.05, 3.63) is 90.0 Å². The maximum atomic E-state index is 11.1. The van der Waals surface area contributed by atoms with E-state index >= 15 is 0 Å². The number of ether oxygens (including phenoxy) is 1. The fourth-order valence-corrected chi connectivity index (χ4v) is 4.11. The molecule has 6 heteroatoms. The van der Waals surface area contributed by atoms with Crippen LogP contribution in [0.15, 0.2) is 78.9 Å². The van der Waals surface area contributed by atoms with Crippen LogP contribution < -0.4 is 4.74 Å². The first-order chi connectivity index (χ1) is 14.6. The molecule has 0 spiro atoms. The van der Waals surface area contributed by atoms with Gasteiger partial charge < -0.3 is 4.74 Å². The monoisotopic (exact) mass is 424 g/mol. The second-order valence-corrected chi connectivity index (χ2v) is 8.67. The molecule has 0 atom stereocenters. The van der Waals surface area contributed by atoms with Crippen LogP contribution in [0, 0.1) is 5.92 Å². The minimum absolute atomic E-state index is 0.0941. The molecule has 3 aromatic carbocycles. The van der Waals surface area contributed by atoms with Crippen LogP contribution in [0.3, 0.4) is 0 Å². The minimum atomic E-state index is -3.76. The van der Waals surface area contributed by atoms with E-state index in [1.165, 1.54) is 5.56 Å². The minimum Gasteiger partial charge on any atom is -0.489 e. The summed E-state index contributed by atoms with van der Waals surface area (Å²) in [4.78, 5) is 0. The molecule has 156 valence electrons. The maximum Gasteiger partial charge on any atom is 0.399 e. The number of aryl methyl sites for hydroxylation is 1. The lowest BCUT2D eigenvalue weighted by Crippen LogP contribution is -2.28. The fourth-order valence-electron chi connectivity index (χ4n) is 3.33. The molecule has 0 radical (unpaired) electrons. The lowest BCUT2D eigenvalue weighted by Gasteiger charge is -2.21. The van der Waals surface area contributed by atoms with E-state index in [-0.39, 0.29) is 19.1 Å². The molecule has 3 aromatic rings. The second kappa shape index (κ2) is 9.43. The summed E-state index contributed by atoms with van der Waals surface area (Å²) in [6, 6.07) is 26.6. The standard InChI is InChI=1S/C24H24O5S/c25-30(26)28-17-21(18-29-30)7-6-19-8-10-22(11-9-19)23-12-14-24(15-13-23)27-16-20-4-2-1-3-5-20/h1-5,8-15,21H,6-7,16-18H2. The highest BCUT2D eigenvalue weighted by Gasteiger charge is 2.24. The first-order valence-corrected chi connectivity index (χ1v) is 11.3. The van der Waals surface area contributed by atoms with Crippen molar-refractivity contribution in [1.29, 1.82) is 0 Å². The molecule has 1 fully saturated rings. The fraction of sp³-hybridized carbons (Fsp3) is 0.250. The average Bonchev–Trinajstić information content (AvgIpc) is 2.78. The third-order valence-corrected chi connectivity index (χ3v) is 5.98. The zero-order chi connectivity index (χ0) is 20.8. The van der Waals surface area contributed by atoms with Crippen molar-refractivity contribution in [2.75, 3.05) is 13.2 Å². The lowest BCUT2D eigenvalue weighted by atomic mass is 9.98. The highest BCUT2D eigenvalue weighted by Crippen LogP contribution is 2.24. The van der Waals surface area contributed by atoms with E-state index in [0.29, 0.717) is 6.61 Å². The van der Waals surface area contributed by atoms with E-state index < -0.39 is 10.4 Å². The molecule has 1 heterocycles. The van der Waals surface area contributed by atoms with Gasteiger partial charge in [0.25, 0.3) is 0 Å². The van der Waals surface area contributed by atoms with Gasteiger partial charge in [-0.05, 0) is 47.2 Å². The van der Waals surface area contributed by atoms with Crippen molar-refractivity contribution in [2.24, 2.45) is 5.92 Å².